The zero-order valence-electron chi connectivity index (χ0n) is 14.9. The minimum Gasteiger partial charge on any atom is -0.466 e. The fourth-order valence-electron chi connectivity index (χ4n) is 3.01. The van der Waals surface area contributed by atoms with E-state index in [0.29, 0.717) is 26.2 Å². The molecule has 0 saturated carbocycles. The first-order chi connectivity index (χ1) is 12.1. The lowest BCUT2D eigenvalue weighted by Crippen LogP contribution is -2.59. The summed E-state index contributed by atoms with van der Waals surface area (Å²) in [6, 6.07) is -0.792. The van der Waals surface area contributed by atoms with E-state index >= 15 is 0 Å². The number of unbranched alkanes of at least 4 members (excludes halogenated alkanes) is 1. The molecule has 2 fully saturated rings. The minimum absolute atomic E-state index is 0.104. The SMILES string of the molecule is CCCCOC(=O)CC1C(=O)NCCN1C(=O)CNCC1CCCO1. The third kappa shape index (κ3) is 6.28. The molecular formula is C17H29N3O5. The summed E-state index contributed by atoms with van der Waals surface area (Å²) in [5.74, 6) is -0.925. The van der Waals surface area contributed by atoms with Crippen molar-refractivity contribution in [2.75, 3.05) is 39.4 Å². The van der Waals surface area contributed by atoms with E-state index in [9.17, 15) is 14.4 Å². The first-order valence-electron chi connectivity index (χ1n) is 9.17. The number of piperazine rings is 1. The van der Waals surface area contributed by atoms with E-state index in [-0.39, 0.29) is 30.9 Å². The molecule has 0 bridgehead atoms. The molecule has 8 heteroatoms. The average molecular weight is 355 g/mol. The molecule has 0 aromatic rings. The Bertz CT molecular complexity index is 465. The third-order valence-electron chi connectivity index (χ3n) is 4.44. The predicted molar refractivity (Wildman–Crippen MR) is 90.8 cm³/mol. The standard InChI is InChI=1S/C17H29N3O5/c1-2-3-8-25-16(22)10-14-17(23)19-6-7-20(14)15(21)12-18-11-13-5-4-9-24-13/h13-14,18H,2-12H2,1H3,(H,19,23). The number of carbonyl (C=O) groups excluding carboxylic acids is 3. The Morgan fingerprint density at radius 2 is 2.28 bits per heavy atom. The normalized spacial score (nSPS) is 23.4. The summed E-state index contributed by atoms with van der Waals surface area (Å²) in [6.45, 7) is 4.68. The molecule has 2 amide bonds. The molecule has 0 aromatic carbocycles. The van der Waals surface area contributed by atoms with E-state index in [1.807, 2.05) is 6.92 Å². The molecule has 25 heavy (non-hydrogen) atoms. The van der Waals surface area contributed by atoms with Gasteiger partial charge in [-0.15, -0.1) is 0 Å². The fraction of sp³-hybridized carbons (Fsp3) is 0.824. The molecule has 142 valence electrons. The number of ether oxygens (including phenoxy) is 2. The van der Waals surface area contributed by atoms with Gasteiger partial charge in [0.1, 0.15) is 6.04 Å². The first-order valence-corrected chi connectivity index (χ1v) is 9.17. The lowest BCUT2D eigenvalue weighted by Gasteiger charge is -2.34. The van der Waals surface area contributed by atoms with Crippen LogP contribution in [0, 0.1) is 0 Å². The van der Waals surface area contributed by atoms with E-state index in [0.717, 1.165) is 32.3 Å². The summed E-state index contributed by atoms with van der Waals surface area (Å²) in [5, 5.41) is 5.80. The van der Waals surface area contributed by atoms with Crippen LogP contribution in [0.3, 0.4) is 0 Å². The van der Waals surface area contributed by atoms with Gasteiger partial charge in [-0.3, -0.25) is 14.4 Å². The highest BCUT2D eigenvalue weighted by Crippen LogP contribution is 2.12. The van der Waals surface area contributed by atoms with Crippen LogP contribution in [0.5, 0.6) is 0 Å². The first kappa shape index (κ1) is 19.7. The molecule has 0 aromatic heterocycles. The highest BCUT2D eigenvalue weighted by atomic mass is 16.5. The van der Waals surface area contributed by atoms with Crippen LogP contribution in [0.15, 0.2) is 0 Å². The number of nitrogens with zero attached hydrogens (tertiary/aromatic N) is 1. The van der Waals surface area contributed by atoms with Crippen LogP contribution >= 0.6 is 0 Å². The van der Waals surface area contributed by atoms with E-state index < -0.39 is 12.0 Å². The molecule has 0 aliphatic carbocycles. The van der Waals surface area contributed by atoms with E-state index in [1.165, 1.54) is 4.90 Å². The summed E-state index contributed by atoms with van der Waals surface area (Å²) in [6.07, 6.45) is 3.82. The topological polar surface area (TPSA) is 97.0 Å². The van der Waals surface area contributed by atoms with E-state index in [4.69, 9.17) is 9.47 Å². The smallest absolute Gasteiger partial charge is 0.308 e. The van der Waals surface area contributed by atoms with Gasteiger partial charge >= 0.3 is 5.97 Å². The van der Waals surface area contributed by atoms with Crippen molar-refractivity contribution in [3.05, 3.63) is 0 Å². The van der Waals surface area contributed by atoms with Gasteiger partial charge in [0.05, 0.1) is 25.7 Å². The van der Waals surface area contributed by atoms with Crippen molar-refractivity contribution in [3.63, 3.8) is 0 Å². The van der Waals surface area contributed by atoms with Gasteiger partial charge in [-0.05, 0) is 19.3 Å². The largest absolute Gasteiger partial charge is 0.466 e. The summed E-state index contributed by atoms with van der Waals surface area (Å²) >= 11 is 0. The summed E-state index contributed by atoms with van der Waals surface area (Å²) < 4.78 is 10.6. The molecule has 2 N–H and O–H groups in total. The van der Waals surface area contributed by atoms with Crippen molar-refractivity contribution in [2.24, 2.45) is 0 Å². The number of esters is 1. The van der Waals surface area contributed by atoms with Gasteiger partial charge in [0.25, 0.3) is 0 Å². The third-order valence-corrected chi connectivity index (χ3v) is 4.44. The fourth-order valence-corrected chi connectivity index (χ4v) is 3.01. The lowest BCUT2D eigenvalue weighted by molar-refractivity contribution is -0.151. The maximum absolute atomic E-state index is 12.5. The van der Waals surface area contributed by atoms with Crippen molar-refractivity contribution < 1.29 is 23.9 Å². The molecule has 2 aliphatic heterocycles. The zero-order valence-corrected chi connectivity index (χ0v) is 14.9. The molecule has 2 saturated heterocycles. The van der Waals surface area contributed by atoms with Gasteiger partial charge in [-0.25, -0.2) is 0 Å². The number of amides is 2. The molecule has 0 radical (unpaired) electrons. The van der Waals surface area contributed by atoms with Crippen molar-refractivity contribution in [3.8, 4) is 0 Å². The van der Waals surface area contributed by atoms with Crippen molar-refractivity contribution >= 4 is 17.8 Å². The molecule has 2 heterocycles. The summed E-state index contributed by atoms with van der Waals surface area (Å²) in [5.41, 5.74) is 0. The molecule has 0 spiro atoms. The van der Waals surface area contributed by atoms with Gasteiger partial charge < -0.3 is 25.0 Å². The number of hydrogen-bond acceptors (Lipinski definition) is 6. The van der Waals surface area contributed by atoms with Crippen LogP contribution < -0.4 is 10.6 Å². The maximum atomic E-state index is 12.5. The Labute approximate surface area is 148 Å². The van der Waals surface area contributed by atoms with Crippen LogP contribution in [0.25, 0.3) is 0 Å². The lowest BCUT2D eigenvalue weighted by atomic mass is 10.1. The number of rotatable bonds is 9. The molecular weight excluding hydrogens is 326 g/mol. The van der Waals surface area contributed by atoms with Crippen LogP contribution in [-0.2, 0) is 23.9 Å². The Hall–Kier alpha value is -1.67. The summed E-state index contributed by atoms with van der Waals surface area (Å²) in [4.78, 5) is 38.0. The Morgan fingerprint density at radius 1 is 1.44 bits per heavy atom. The number of hydrogen-bond donors (Lipinski definition) is 2. The second-order valence-electron chi connectivity index (χ2n) is 6.44. The molecule has 2 unspecified atom stereocenters. The number of carbonyl (C=O) groups is 3. The van der Waals surface area contributed by atoms with Gasteiger partial charge in [0.2, 0.25) is 11.8 Å². The van der Waals surface area contributed by atoms with Crippen LogP contribution in [0.4, 0.5) is 0 Å². The van der Waals surface area contributed by atoms with Crippen molar-refractivity contribution in [1.29, 1.82) is 0 Å². The van der Waals surface area contributed by atoms with Crippen LogP contribution in [-0.4, -0.2) is 74.2 Å². The second-order valence-corrected chi connectivity index (χ2v) is 6.44. The highest BCUT2D eigenvalue weighted by Gasteiger charge is 2.34. The van der Waals surface area contributed by atoms with Gasteiger partial charge in [0, 0.05) is 26.2 Å². The zero-order chi connectivity index (χ0) is 18.1. The average Bonchev–Trinajstić information content (AvgIpc) is 3.10. The van der Waals surface area contributed by atoms with E-state index in [1.54, 1.807) is 0 Å². The van der Waals surface area contributed by atoms with Gasteiger partial charge in [0.15, 0.2) is 0 Å². The molecule has 2 atom stereocenters. The molecule has 2 rings (SSSR count). The van der Waals surface area contributed by atoms with Crippen LogP contribution in [0.2, 0.25) is 0 Å². The quantitative estimate of drug-likeness (QED) is 0.440. The highest BCUT2D eigenvalue weighted by molar-refractivity contribution is 5.92. The van der Waals surface area contributed by atoms with Gasteiger partial charge in [-0.2, -0.15) is 0 Å². The van der Waals surface area contributed by atoms with Crippen molar-refractivity contribution in [1.82, 2.24) is 15.5 Å². The van der Waals surface area contributed by atoms with E-state index in [2.05, 4.69) is 10.6 Å². The molecule has 2 aliphatic rings. The number of nitrogens with one attached hydrogen (secondary N) is 2. The molecule has 8 nitrogen and oxygen atoms in total. The van der Waals surface area contributed by atoms with Gasteiger partial charge in [-0.1, -0.05) is 13.3 Å². The Kier molecular flexibility index (Phi) is 8.14. The van der Waals surface area contributed by atoms with Crippen molar-refractivity contribution in [2.45, 2.75) is 51.2 Å². The Morgan fingerprint density at radius 3 is 3.00 bits per heavy atom. The second kappa shape index (κ2) is 10.4. The monoisotopic (exact) mass is 355 g/mol. The predicted octanol–water partition coefficient (Wildman–Crippen LogP) is -0.185. The summed E-state index contributed by atoms with van der Waals surface area (Å²) in [7, 11) is 0. The Balaban J connectivity index is 1.81. The minimum atomic E-state index is -0.792. The van der Waals surface area contributed by atoms with Crippen LogP contribution in [0.1, 0.15) is 39.0 Å². The maximum Gasteiger partial charge on any atom is 0.308 e.